The summed E-state index contributed by atoms with van der Waals surface area (Å²) in [5, 5.41) is 6.95. The van der Waals surface area contributed by atoms with E-state index in [1.165, 1.54) is 6.07 Å². The number of ether oxygens (including phenoxy) is 3. The lowest BCUT2D eigenvalue weighted by Crippen LogP contribution is -2.11. The molecule has 1 heterocycles. The van der Waals surface area contributed by atoms with Crippen LogP contribution in [0.3, 0.4) is 0 Å². The van der Waals surface area contributed by atoms with Crippen LogP contribution in [0.5, 0.6) is 17.2 Å². The average Bonchev–Trinajstić information content (AvgIpc) is 3.09. The van der Waals surface area contributed by atoms with E-state index in [0.717, 1.165) is 32.9 Å². The molecule has 0 bridgehead atoms. The van der Waals surface area contributed by atoms with E-state index in [0.29, 0.717) is 17.2 Å². The third-order valence-electron chi connectivity index (χ3n) is 4.92. The Kier molecular flexibility index (Phi) is 4.60. The number of aromatic nitrogens is 1. The van der Waals surface area contributed by atoms with E-state index >= 15 is 0 Å². The predicted octanol–water partition coefficient (Wildman–Crippen LogP) is 3.66. The highest BCUT2D eigenvalue weighted by atomic mass is 32.2. The highest BCUT2D eigenvalue weighted by Crippen LogP contribution is 2.46. The fourth-order valence-corrected chi connectivity index (χ4v) is 4.19. The van der Waals surface area contributed by atoms with Crippen LogP contribution in [-0.4, -0.2) is 34.7 Å². The van der Waals surface area contributed by atoms with Crippen molar-refractivity contribution in [2.75, 3.05) is 21.3 Å². The van der Waals surface area contributed by atoms with Crippen molar-refractivity contribution in [2.45, 2.75) is 4.90 Å². The first-order chi connectivity index (χ1) is 13.9. The van der Waals surface area contributed by atoms with Crippen molar-refractivity contribution in [3.8, 4) is 28.4 Å². The Labute approximate surface area is 168 Å². The minimum Gasteiger partial charge on any atom is -0.493 e. The fraction of sp³-hybridized carbons (Fsp3) is 0.143. The lowest BCUT2D eigenvalue weighted by molar-refractivity contribution is 0.325. The molecule has 3 N–H and O–H groups in total. The van der Waals surface area contributed by atoms with Crippen LogP contribution >= 0.6 is 0 Å². The van der Waals surface area contributed by atoms with E-state index in [1.807, 2.05) is 24.3 Å². The molecule has 0 aliphatic carbocycles. The van der Waals surface area contributed by atoms with Gasteiger partial charge in [-0.25, -0.2) is 13.6 Å². The number of fused-ring (bicyclic) bond motifs is 3. The van der Waals surface area contributed by atoms with Crippen LogP contribution in [0.2, 0.25) is 0 Å². The minimum atomic E-state index is -3.83. The third kappa shape index (κ3) is 3.06. The largest absolute Gasteiger partial charge is 0.493 e. The van der Waals surface area contributed by atoms with Crippen LogP contribution in [0.4, 0.5) is 0 Å². The lowest BCUT2D eigenvalue weighted by Gasteiger charge is -2.16. The van der Waals surface area contributed by atoms with E-state index in [-0.39, 0.29) is 4.90 Å². The Balaban J connectivity index is 2.10. The van der Waals surface area contributed by atoms with Crippen LogP contribution < -0.4 is 19.3 Å². The standard InChI is InChI=1S/C21H20N2O5S/c1-26-18-10-8-14(20(27-2)21(18)28-3)13-5-4-6-17-19(13)15-11-12(29(22,24)25)7-9-16(15)23-17/h4-11,23H,1-3H3,(H2,22,24,25). The number of aromatic amines is 1. The Morgan fingerprint density at radius 1 is 0.828 bits per heavy atom. The molecule has 0 unspecified atom stereocenters. The molecule has 1 aromatic heterocycles. The summed E-state index contributed by atoms with van der Waals surface area (Å²) in [4.78, 5) is 3.38. The maximum atomic E-state index is 11.9. The molecule has 0 radical (unpaired) electrons. The molecule has 0 atom stereocenters. The molecule has 4 rings (SSSR count). The van der Waals surface area contributed by atoms with E-state index in [4.69, 9.17) is 19.3 Å². The number of methoxy groups -OCH3 is 3. The van der Waals surface area contributed by atoms with Crippen molar-refractivity contribution in [3.05, 3.63) is 48.5 Å². The summed E-state index contributed by atoms with van der Waals surface area (Å²) in [6.45, 7) is 0. The van der Waals surface area contributed by atoms with E-state index in [1.54, 1.807) is 39.5 Å². The number of sulfonamides is 1. The zero-order chi connectivity index (χ0) is 20.8. The Morgan fingerprint density at radius 2 is 1.59 bits per heavy atom. The Bertz CT molecular complexity index is 1340. The number of nitrogens with one attached hydrogen (secondary N) is 1. The van der Waals surface area contributed by atoms with Gasteiger partial charge < -0.3 is 19.2 Å². The van der Waals surface area contributed by atoms with Crippen LogP contribution in [0.15, 0.2) is 53.4 Å². The van der Waals surface area contributed by atoms with Gasteiger partial charge in [0.25, 0.3) is 0 Å². The molecular weight excluding hydrogens is 392 g/mol. The SMILES string of the molecule is COc1ccc(-c2cccc3[nH]c4ccc(S(N)(=O)=O)cc4c23)c(OC)c1OC. The van der Waals surface area contributed by atoms with E-state index in [2.05, 4.69) is 4.98 Å². The van der Waals surface area contributed by atoms with Crippen LogP contribution in [0.25, 0.3) is 32.9 Å². The highest BCUT2D eigenvalue weighted by molar-refractivity contribution is 7.89. The number of hydrogen-bond donors (Lipinski definition) is 2. The second-order valence-corrected chi connectivity index (χ2v) is 8.05. The van der Waals surface area contributed by atoms with Crippen LogP contribution in [0, 0.1) is 0 Å². The Morgan fingerprint density at radius 3 is 2.24 bits per heavy atom. The van der Waals surface area contributed by atoms with Gasteiger partial charge in [0.05, 0.1) is 26.2 Å². The molecule has 7 nitrogen and oxygen atoms in total. The van der Waals surface area contributed by atoms with Gasteiger partial charge in [0.2, 0.25) is 15.8 Å². The second-order valence-electron chi connectivity index (χ2n) is 6.49. The van der Waals surface area contributed by atoms with E-state index < -0.39 is 10.0 Å². The topological polar surface area (TPSA) is 104 Å². The van der Waals surface area contributed by atoms with Crippen molar-refractivity contribution in [1.82, 2.24) is 4.98 Å². The number of hydrogen-bond acceptors (Lipinski definition) is 5. The van der Waals surface area contributed by atoms with Gasteiger partial charge in [-0.05, 0) is 42.0 Å². The van der Waals surface area contributed by atoms with Gasteiger partial charge in [0, 0.05) is 27.4 Å². The molecule has 0 fully saturated rings. The zero-order valence-electron chi connectivity index (χ0n) is 16.1. The van der Waals surface area contributed by atoms with Gasteiger partial charge in [0.1, 0.15) is 0 Å². The number of primary sulfonamides is 1. The summed E-state index contributed by atoms with van der Waals surface area (Å²) in [6, 6.07) is 14.3. The maximum absolute atomic E-state index is 11.9. The summed E-state index contributed by atoms with van der Waals surface area (Å²) in [7, 11) is 0.851. The molecule has 150 valence electrons. The van der Waals surface area contributed by atoms with Crippen molar-refractivity contribution < 1.29 is 22.6 Å². The minimum absolute atomic E-state index is 0.0555. The second kappa shape index (κ2) is 6.98. The van der Waals surface area contributed by atoms with E-state index in [9.17, 15) is 8.42 Å². The number of benzene rings is 3. The molecule has 0 saturated carbocycles. The number of nitrogens with two attached hydrogens (primary N) is 1. The van der Waals surface area contributed by atoms with Gasteiger partial charge in [-0.1, -0.05) is 12.1 Å². The molecule has 0 aliphatic rings. The first-order valence-electron chi connectivity index (χ1n) is 8.75. The molecular formula is C21H20N2O5S. The van der Waals surface area contributed by atoms with Gasteiger partial charge in [-0.3, -0.25) is 0 Å². The van der Waals surface area contributed by atoms with Crippen LogP contribution in [0.1, 0.15) is 0 Å². The summed E-state index contributed by atoms with van der Waals surface area (Å²) in [5.74, 6) is 1.56. The summed E-state index contributed by atoms with van der Waals surface area (Å²) < 4.78 is 40.3. The number of rotatable bonds is 5. The monoisotopic (exact) mass is 412 g/mol. The Hall–Kier alpha value is -3.23. The summed E-state index contributed by atoms with van der Waals surface area (Å²) in [5.41, 5.74) is 3.32. The molecule has 0 amide bonds. The maximum Gasteiger partial charge on any atom is 0.238 e. The van der Waals surface area contributed by atoms with Gasteiger partial charge in [-0.2, -0.15) is 0 Å². The quantitative estimate of drug-likeness (QED) is 0.521. The van der Waals surface area contributed by atoms with Crippen LogP contribution in [-0.2, 0) is 10.0 Å². The smallest absolute Gasteiger partial charge is 0.238 e. The summed E-state index contributed by atoms with van der Waals surface area (Å²) >= 11 is 0. The highest BCUT2D eigenvalue weighted by Gasteiger charge is 2.20. The van der Waals surface area contributed by atoms with Gasteiger partial charge in [0.15, 0.2) is 11.5 Å². The summed E-state index contributed by atoms with van der Waals surface area (Å²) in [6.07, 6.45) is 0. The van der Waals surface area contributed by atoms with Gasteiger partial charge >= 0.3 is 0 Å². The molecule has 3 aromatic carbocycles. The first kappa shape index (κ1) is 19.1. The van der Waals surface area contributed by atoms with Crippen molar-refractivity contribution in [1.29, 1.82) is 0 Å². The van der Waals surface area contributed by atoms with Crippen molar-refractivity contribution >= 4 is 31.8 Å². The third-order valence-corrected chi connectivity index (χ3v) is 5.83. The molecule has 0 spiro atoms. The molecule has 4 aromatic rings. The normalized spacial score (nSPS) is 11.7. The predicted molar refractivity (Wildman–Crippen MR) is 112 cm³/mol. The van der Waals surface area contributed by atoms with Crippen molar-refractivity contribution in [2.24, 2.45) is 5.14 Å². The molecule has 8 heteroatoms. The number of H-pyrrole nitrogens is 1. The van der Waals surface area contributed by atoms with Gasteiger partial charge in [-0.15, -0.1) is 0 Å². The zero-order valence-corrected chi connectivity index (χ0v) is 17.0. The van der Waals surface area contributed by atoms with Crippen molar-refractivity contribution in [3.63, 3.8) is 0 Å². The average molecular weight is 412 g/mol. The first-order valence-corrected chi connectivity index (χ1v) is 10.3. The fourth-order valence-electron chi connectivity index (χ4n) is 3.65. The lowest BCUT2D eigenvalue weighted by atomic mass is 9.98. The molecule has 0 aliphatic heterocycles. The molecule has 29 heavy (non-hydrogen) atoms. The molecule has 0 saturated heterocycles.